The molecule has 1 aromatic carbocycles. The predicted molar refractivity (Wildman–Crippen MR) is 69.4 cm³/mol. The maximum Gasteiger partial charge on any atom is 0.168 e. The molecule has 2 rings (SSSR count). The van der Waals surface area contributed by atoms with Crippen LogP contribution in [0.15, 0.2) is 18.2 Å². The average Bonchev–Trinajstić information content (AvgIpc) is 2.72. The van der Waals surface area contributed by atoms with Crippen LogP contribution < -0.4 is 4.74 Å². The zero-order valence-corrected chi connectivity index (χ0v) is 11.5. The third-order valence-electron chi connectivity index (χ3n) is 3.50. The first-order valence-corrected chi connectivity index (χ1v) is 7.95. The van der Waals surface area contributed by atoms with Crippen LogP contribution in [-0.2, 0) is 16.3 Å². The van der Waals surface area contributed by atoms with E-state index in [-0.39, 0.29) is 29.6 Å². The molecule has 0 aromatic heterocycles. The number of sulfone groups is 1. The maximum atomic E-state index is 13.9. The lowest BCUT2D eigenvalue weighted by Crippen LogP contribution is -2.24. The van der Waals surface area contributed by atoms with E-state index in [2.05, 4.69) is 0 Å². The zero-order valence-electron chi connectivity index (χ0n) is 10.7. The second-order valence-corrected chi connectivity index (χ2v) is 7.10. The fourth-order valence-corrected chi connectivity index (χ4v) is 4.26. The van der Waals surface area contributed by atoms with E-state index in [0.717, 1.165) is 0 Å². The van der Waals surface area contributed by atoms with E-state index in [1.165, 1.54) is 13.2 Å². The molecule has 1 fully saturated rings. The highest BCUT2D eigenvalue weighted by Gasteiger charge is 2.33. The SMILES string of the molecule is COc1cccc(CC(O)C2CCS(=O)(=O)C2)c1F. The molecule has 106 valence electrons. The lowest BCUT2D eigenvalue weighted by atomic mass is 9.95. The van der Waals surface area contributed by atoms with E-state index in [9.17, 15) is 17.9 Å². The number of hydrogen-bond acceptors (Lipinski definition) is 4. The van der Waals surface area contributed by atoms with Gasteiger partial charge in [-0.2, -0.15) is 0 Å². The molecule has 2 unspecified atom stereocenters. The van der Waals surface area contributed by atoms with Gasteiger partial charge in [0, 0.05) is 12.3 Å². The van der Waals surface area contributed by atoms with Gasteiger partial charge in [-0.25, -0.2) is 12.8 Å². The van der Waals surface area contributed by atoms with Gasteiger partial charge in [-0.05, 0) is 18.1 Å². The van der Waals surface area contributed by atoms with Crippen molar-refractivity contribution in [1.29, 1.82) is 0 Å². The van der Waals surface area contributed by atoms with Gasteiger partial charge in [0.2, 0.25) is 0 Å². The summed E-state index contributed by atoms with van der Waals surface area (Å²) in [6.07, 6.45) is -0.308. The molecule has 1 aromatic rings. The van der Waals surface area contributed by atoms with Gasteiger partial charge in [0.1, 0.15) is 0 Å². The Kier molecular flexibility index (Phi) is 4.10. The van der Waals surface area contributed by atoms with Crippen LogP contribution in [0.4, 0.5) is 4.39 Å². The molecule has 0 aliphatic carbocycles. The number of methoxy groups -OCH3 is 1. The molecule has 0 spiro atoms. The van der Waals surface area contributed by atoms with Crippen molar-refractivity contribution in [2.45, 2.75) is 18.9 Å². The highest BCUT2D eigenvalue weighted by atomic mass is 32.2. The minimum absolute atomic E-state index is 0.0141. The first-order valence-electron chi connectivity index (χ1n) is 6.13. The third kappa shape index (κ3) is 3.25. The smallest absolute Gasteiger partial charge is 0.168 e. The lowest BCUT2D eigenvalue weighted by molar-refractivity contribution is 0.119. The molecule has 1 N–H and O–H groups in total. The zero-order chi connectivity index (χ0) is 14.0. The Bertz CT molecular complexity index is 556. The van der Waals surface area contributed by atoms with E-state index in [1.807, 2.05) is 0 Å². The Morgan fingerprint density at radius 2 is 2.26 bits per heavy atom. The summed E-state index contributed by atoms with van der Waals surface area (Å²) in [6, 6.07) is 4.73. The van der Waals surface area contributed by atoms with Crippen molar-refractivity contribution in [1.82, 2.24) is 0 Å². The van der Waals surface area contributed by atoms with Crippen molar-refractivity contribution in [2.75, 3.05) is 18.6 Å². The van der Waals surface area contributed by atoms with Crippen molar-refractivity contribution in [2.24, 2.45) is 5.92 Å². The summed E-state index contributed by atoms with van der Waals surface area (Å²) < 4.78 is 41.5. The van der Waals surface area contributed by atoms with Gasteiger partial charge in [-0.1, -0.05) is 12.1 Å². The predicted octanol–water partition coefficient (Wildman–Crippen LogP) is 1.17. The molecule has 0 bridgehead atoms. The van der Waals surface area contributed by atoms with Gasteiger partial charge in [0.25, 0.3) is 0 Å². The Morgan fingerprint density at radius 3 is 2.84 bits per heavy atom. The van der Waals surface area contributed by atoms with Gasteiger partial charge in [-0.15, -0.1) is 0 Å². The highest BCUT2D eigenvalue weighted by Crippen LogP contribution is 2.26. The molecule has 1 aliphatic rings. The van der Waals surface area contributed by atoms with Gasteiger partial charge >= 0.3 is 0 Å². The molecule has 0 amide bonds. The van der Waals surface area contributed by atoms with E-state index >= 15 is 0 Å². The molecule has 19 heavy (non-hydrogen) atoms. The number of rotatable bonds is 4. The first kappa shape index (κ1) is 14.3. The van der Waals surface area contributed by atoms with E-state index < -0.39 is 21.8 Å². The Balaban J connectivity index is 2.09. The van der Waals surface area contributed by atoms with Crippen LogP contribution in [0.3, 0.4) is 0 Å². The standard InChI is InChI=1S/C13H17FO4S/c1-18-12-4-2-3-9(13(12)14)7-11(15)10-5-6-19(16,17)8-10/h2-4,10-11,15H,5-8H2,1H3. The van der Waals surface area contributed by atoms with Crippen molar-refractivity contribution in [3.8, 4) is 5.75 Å². The molecule has 0 saturated carbocycles. The van der Waals surface area contributed by atoms with Crippen LogP contribution in [-0.4, -0.2) is 38.2 Å². The van der Waals surface area contributed by atoms with Crippen molar-refractivity contribution in [3.63, 3.8) is 0 Å². The van der Waals surface area contributed by atoms with Gasteiger partial charge in [0.15, 0.2) is 21.4 Å². The van der Waals surface area contributed by atoms with Crippen LogP contribution in [0, 0.1) is 11.7 Å². The van der Waals surface area contributed by atoms with Crippen molar-refractivity contribution < 1.29 is 22.7 Å². The molecule has 2 atom stereocenters. The monoisotopic (exact) mass is 288 g/mol. The Hall–Kier alpha value is -1.14. The largest absolute Gasteiger partial charge is 0.494 e. The lowest BCUT2D eigenvalue weighted by Gasteiger charge is -2.17. The summed E-state index contributed by atoms with van der Waals surface area (Å²) in [4.78, 5) is 0. The second-order valence-electron chi connectivity index (χ2n) is 4.87. The van der Waals surface area contributed by atoms with Crippen molar-refractivity contribution >= 4 is 9.84 Å². The number of ether oxygens (including phenoxy) is 1. The van der Waals surface area contributed by atoms with E-state index in [1.54, 1.807) is 12.1 Å². The number of benzene rings is 1. The maximum absolute atomic E-state index is 13.9. The fourth-order valence-electron chi connectivity index (χ4n) is 2.39. The third-order valence-corrected chi connectivity index (χ3v) is 5.30. The molecule has 6 heteroatoms. The number of hydrogen-bond donors (Lipinski definition) is 1. The Morgan fingerprint density at radius 1 is 1.53 bits per heavy atom. The summed E-state index contributed by atoms with van der Waals surface area (Å²) in [7, 11) is -1.66. The van der Waals surface area contributed by atoms with E-state index in [0.29, 0.717) is 12.0 Å². The van der Waals surface area contributed by atoms with Crippen LogP contribution in [0.25, 0.3) is 0 Å². The summed E-state index contributed by atoms with van der Waals surface area (Å²) in [5.74, 6) is -0.584. The van der Waals surface area contributed by atoms with Gasteiger partial charge in [0.05, 0.1) is 24.7 Å². The highest BCUT2D eigenvalue weighted by molar-refractivity contribution is 7.91. The van der Waals surface area contributed by atoms with E-state index in [4.69, 9.17) is 4.74 Å². The summed E-state index contributed by atoms with van der Waals surface area (Å²) in [6.45, 7) is 0. The minimum atomic E-state index is -3.03. The van der Waals surface area contributed by atoms with Gasteiger partial charge < -0.3 is 9.84 Å². The van der Waals surface area contributed by atoms with Crippen molar-refractivity contribution in [3.05, 3.63) is 29.6 Å². The summed E-state index contributed by atoms with van der Waals surface area (Å²) in [5.41, 5.74) is 0.344. The second kappa shape index (κ2) is 5.46. The quantitative estimate of drug-likeness (QED) is 0.903. The molecule has 1 aliphatic heterocycles. The normalized spacial score (nSPS) is 23.2. The van der Waals surface area contributed by atoms with Crippen LogP contribution >= 0.6 is 0 Å². The molecule has 1 saturated heterocycles. The molecular formula is C13H17FO4S. The Labute approximate surface area is 112 Å². The summed E-state index contributed by atoms with van der Waals surface area (Å²) >= 11 is 0. The first-order chi connectivity index (χ1) is 8.93. The molecule has 0 radical (unpaired) electrons. The number of halogens is 1. The van der Waals surface area contributed by atoms with Gasteiger partial charge in [-0.3, -0.25) is 0 Å². The molecule has 1 heterocycles. The topological polar surface area (TPSA) is 63.6 Å². The van der Waals surface area contributed by atoms with Crippen LogP contribution in [0.1, 0.15) is 12.0 Å². The van der Waals surface area contributed by atoms with Crippen LogP contribution in [0.2, 0.25) is 0 Å². The van der Waals surface area contributed by atoms with Crippen LogP contribution in [0.5, 0.6) is 5.75 Å². The number of aliphatic hydroxyl groups is 1. The fraction of sp³-hybridized carbons (Fsp3) is 0.538. The average molecular weight is 288 g/mol. The molecular weight excluding hydrogens is 271 g/mol. The summed E-state index contributed by atoms with van der Waals surface area (Å²) in [5, 5.41) is 10.1. The minimum Gasteiger partial charge on any atom is -0.494 e. The molecule has 4 nitrogen and oxygen atoms in total. The number of aliphatic hydroxyl groups excluding tert-OH is 1.